The molecule has 8 nitrogen and oxygen atoms in total. The average Bonchev–Trinajstić information content (AvgIpc) is 3.06. The summed E-state index contributed by atoms with van der Waals surface area (Å²) in [5.41, 5.74) is 5.50. The Balaban J connectivity index is 1.76. The van der Waals surface area contributed by atoms with E-state index in [9.17, 15) is 9.59 Å². The van der Waals surface area contributed by atoms with Gasteiger partial charge in [0.25, 0.3) is 5.91 Å². The van der Waals surface area contributed by atoms with E-state index in [4.69, 9.17) is 19.9 Å². The van der Waals surface area contributed by atoms with Crippen LogP contribution in [0.2, 0.25) is 0 Å². The van der Waals surface area contributed by atoms with Gasteiger partial charge in [0.2, 0.25) is 5.91 Å². The molecule has 0 saturated carbocycles. The van der Waals surface area contributed by atoms with Crippen molar-refractivity contribution >= 4 is 11.8 Å². The maximum Gasteiger partial charge on any atom is 0.257 e. The number of benzene rings is 1. The number of methoxy groups -OCH3 is 1. The minimum absolute atomic E-state index is 0.0342. The van der Waals surface area contributed by atoms with E-state index in [0.717, 1.165) is 0 Å². The Morgan fingerprint density at radius 3 is 2.88 bits per heavy atom. The van der Waals surface area contributed by atoms with Crippen molar-refractivity contribution in [1.82, 2.24) is 9.80 Å². The molecule has 2 fully saturated rings. The zero-order valence-corrected chi connectivity index (χ0v) is 15.2. The molecule has 1 unspecified atom stereocenters. The molecule has 2 heterocycles. The first kappa shape index (κ1) is 18.5. The molecule has 142 valence electrons. The minimum atomic E-state index is -0.483. The van der Waals surface area contributed by atoms with E-state index in [2.05, 4.69) is 0 Å². The SMILES string of the molecule is COc1ccc(C(=O)N2CCC3(CN(C)C(=O)CO3)C2)c(OCCN)c1. The summed E-state index contributed by atoms with van der Waals surface area (Å²) in [6, 6.07) is 5.13. The lowest BCUT2D eigenvalue weighted by Crippen LogP contribution is -2.54. The predicted octanol–water partition coefficient (Wildman–Crippen LogP) is 0.106. The number of likely N-dealkylation sites (tertiary alicyclic amines) is 1. The number of nitrogens with two attached hydrogens (primary N) is 1. The molecule has 0 aromatic heterocycles. The molecule has 2 aliphatic rings. The number of carbonyl (C=O) groups is 2. The highest BCUT2D eigenvalue weighted by molar-refractivity contribution is 5.97. The van der Waals surface area contributed by atoms with Crippen LogP contribution in [-0.2, 0) is 9.53 Å². The van der Waals surface area contributed by atoms with Gasteiger partial charge in [-0.2, -0.15) is 0 Å². The van der Waals surface area contributed by atoms with Crippen LogP contribution in [-0.4, -0.2) is 80.8 Å². The maximum atomic E-state index is 13.0. The second-order valence-electron chi connectivity index (χ2n) is 6.70. The third kappa shape index (κ3) is 3.61. The molecule has 1 aromatic rings. The first-order valence-corrected chi connectivity index (χ1v) is 8.66. The molecule has 3 rings (SSSR count). The van der Waals surface area contributed by atoms with Crippen LogP contribution in [0.25, 0.3) is 0 Å². The van der Waals surface area contributed by atoms with E-state index in [1.807, 2.05) is 0 Å². The van der Waals surface area contributed by atoms with Crippen molar-refractivity contribution in [3.05, 3.63) is 23.8 Å². The van der Waals surface area contributed by atoms with Crippen molar-refractivity contribution in [1.29, 1.82) is 0 Å². The van der Waals surface area contributed by atoms with Gasteiger partial charge >= 0.3 is 0 Å². The molecule has 8 heteroatoms. The van der Waals surface area contributed by atoms with E-state index in [1.54, 1.807) is 42.2 Å². The van der Waals surface area contributed by atoms with Crippen LogP contribution in [0.3, 0.4) is 0 Å². The van der Waals surface area contributed by atoms with E-state index < -0.39 is 5.60 Å². The molecule has 0 radical (unpaired) electrons. The summed E-state index contributed by atoms with van der Waals surface area (Å²) >= 11 is 0. The summed E-state index contributed by atoms with van der Waals surface area (Å²) in [5.74, 6) is 0.910. The van der Waals surface area contributed by atoms with Crippen LogP contribution in [0.4, 0.5) is 0 Å². The van der Waals surface area contributed by atoms with Crippen molar-refractivity contribution < 1.29 is 23.8 Å². The first-order valence-electron chi connectivity index (χ1n) is 8.66. The Hall–Kier alpha value is -2.32. The molecule has 2 N–H and O–H groups in total. The van der Waals surface area contributed by atoms with Crippen LogP contribution < -0.4 is 15.2 Å². The van der Waals surface area contributed by atoms with Gasteiger partial charge in [0, 0.05) is 26.2 Å². The van der Waals surface area contributed by atoms with Crippen LogP contribution in [0.1, 0.15) is 16.8 Å². The molecule has 2 saturated heterocycles. The summed E-state index contributed by atoms with van der Waals surface area (Å²) in [5, 5.41) is 0. The highest BCUT2D eigenvalue weighted by atomic mass is 16.5. The first-order chi connectivity index (χ1) is 12.5. The topological polar surface area (TPSA) is 94.3 Å². The van der Waals surface area contributed by atoms with Gasteiger partial charge < -0.3 is 29.7 Å². The van der Waals surface area contributed by atoms with Gasteiger partial charge in [0.15, 0.2) is 0 Å². The van der Waals surface area contributed by atoms with E-state index in [1.165, 1.54) is 0 Å². The number of carbonyl (C=O) groups excluding carboxylic acids is 2. The molecular weight excluding hydrogens is 338 g/mol. The van der Waals surface area contributed by atoms with Gasteiger partial charge in [0.1, 0.15) is 30.3 Å². The fourth-order valence-corrected chi connectivity index (χ4v) is 3.42. The van der Waals surface area contributed by atoms with E-state index >= 15 is 0 Å². The smallest absolute Gasteiger partial charge is 0.257 e. The molecular formula is C18H25N3O5. The number of nitrogens with zero attached hydrogens (tertiary/aromatic N) is 2. The van der Waals surface area contributed by atoms with Gasteiger partial charge in [-0.25, -0.2) is 0 Å². The molecule has 2 amide bonds. The Morgan fingerprint density at radius 2 is 2.19 bits per heavy atom. The number of hydrogen-bond acceptors (Lipinski definition) is 6. The minimum Gasteiger partial charge on any atom is -0.497 e. The second kappa shape index (κ2) is 7.51. The summed E-state index contributed by atoms with van der Waals surface area (Å²) in [6.07, 6.45) is 0.700. The van der Waals surface area contributed by atoms with Gasteiger partial charge in [-0.15, -0.1) is 0 Å². The highest BCUT2D eigenvalue weighted by Gasteiger charge is 2.45. The summed E-state index contributed by atoms with van der Waals surface area (Å²) in [7, 11) is 3.32. The summed E-state index contributed by atoms with van der Waals surface area (Å²) in [4.78, 5) is 28.1. The summed E-state index contributed by atoms with van der Waals surface area (Å²) in [6.45, 7) is 2.25. The Bertz CT molecular complexity index is 695. The van der Waals surface area contributed by atoms with Gasteiger partial charge in [-0.1, -0.05) is 0 Å². The van der Waals surface area contributed by atoms with Crippen molar-refractivity contribution in [2.45, 2.75) is 12.0 Å². The number of amides is 2. The number of hydrogen-bond donors (Lipinski definition) is 1. The van der Waals surface area contributed by atoms with Gasteiger partial charge in [-0.3, -0.25) is 9.59 Å². The lowest BCUT2D eigenvalue weighted by Gasteiger charge is -2.38. The number of rotatable bonds is 5. The number of ether oxygens (including phenoxy) is 3. The lowest BCUT2D eigenvalue weighted by atomic mass is 10.0. The highest BCUT2D eigenvalue weighted by Crippen LogP contribution is 2.32. The quantitative estimate of drug-likeness (QED) is 0.798. The number of morpholine rings is 1. The largest absolute Gasteiger partial charge is 0.497 e. The Morgan fingerprint density at radius 1 is 1.38 bits per heavy atom. The molecule has 0 aliphatic carbocycles. The van der Waals surface area contributed by atoms with Crippen molar-refractivity contribution in [2.24, 2.45) is 5.73 Å². The average molecular weight is 363 g/mol. The van der Waals surface area contributed by atoms with Gasteiger partial charge in [-0.05, 0) is 18.6 Å². The van der Waals surface area contributed by atoms with Crippen LogP contribution in [0, 0.1) is 0 Å². The third-order valence-electron chi connectivity index (χ3n) is 4.85. The van der Waals surface area contributed by atoms with Crippen LogP contribution in [0.15, 0.2) is 18.2 Å². The lowest BCUT2D eigenvalue weighted by molar-refractivity contribution is -0.158. The Kier molecular flexibility index (Phi) is 5.33. The zero-order valence-electron chi connectivity index (χ0n) is 15.2. The third-order valence-corrected chi connectivity index (χ3v) is 4.85. The maximum absolute atomic E-state index is 13.0. The standard InChI is InChI=1S/C18H25N3O5/c1-20-11-18(26-10-16(20)22)5-7-21(12-18)17(23)14-4-3-13(24-2)9-15(14)25-8-6-19/h3-4,9H,5-8,10-12,19H2,1-2H3. The Labute approximate surface area is 152 Å². The van der Waals surface area contributed by atoms with Crippen molar-refractivity contribution in [3.63, 3.8) is 0 Å². The molecule has 2 aliphatic heterocycles. The molecule has 0 bridgehead atoms. The van der Waals surface area contributed by atoms with Crippen LogP contribution >= 0.6 is 0 Å². The zero-order chi connectivity index (χ0) is 18.7. The van der Waals surface area contributed by atoms with Crippen molar-refractivity contribution in [2.75, 3.05) is 53.6 Å². The van der Waals surface area contributed by atoms with Crippen molar-refractivity contribution in [3.8, 4) is 11.5 Å². The number of likely N-dealkylation sites (N-methyl/N-ethyl adjacent to an activating group) is 1. The molecule has 1 atom stereocenters. The van der Waals surface area contributed by atoms with E-state index in [0.29, 0.717) is 56.3 Å². The van der Waals surface area contributed by atoms with E-state index in [-0.39, 0.29) is 18.4 Å². The van der Waals surface area contributed by atoms with Crippen LogP contribution in [0.5, 0.6) is 11.5 Å². The second-order valence-corrected chi connectivity index (χ2v) is 6.70. The molecule has 1 aromatic carbocycles. The van der Waals surface area contributed by atoms with Gasteiger partial charge in [0.05, 0.1) is 25.8 Å². The molecule has 26 heavy (non-hydrogen) atoms. The fraction of sp³-hybridized carbons (Fsp3) is 0.556. The monoisotopic (exact) mass is 363 g/mol. The normalized spacial score (nSPS) is 22.8. The summed E-state index contributed by atoms with van der Waals surface area (Å²) < 4.78 is 16.7. The molecule has 1 spiro atoms. The predicted molar refractivity (Wildman–Crippen MR) is 94.4 cm³/mol. The fourth-order valence-electron chi connectivity index (χ4n) is 3.42.